The minimum absolute atomic E-state index is 0.285. The molecule has 4 heterocycles. The SMILES string of the molecule is CN1CC(F)(F)C(c2cccc(-c3nc(-c4ccnc(Nc5ccn(C)n5)n4)cs3)c2)C1=O. The number of alkyl halides is 2. The monoisotopic (exact) mass is 467 g/mol. The largest absolute Gasteiger partial charge is 0.339 e. The van der Waals surface area contributed by atoms with Crippen molar-refractivity contribution >= 4 is 29.0 Å². The number of thiazole rings is 1. The van der Waals surface area contributed by atoms with E-state index in [0.717, 1.165) is 4.90 Å². The summed E-state index contributed by atoms with van der Waals surface area (Å²) in [6, 6.07) is 10.2. The molecule has 1 atom stereocenters. The summed E-state index contributed by atoms with van der Waals surface area (Å²) in [5.41, 5.74) is 2.20. The van der Waals surface area contributed by atoms with Crippen LogP contribution in [-0.4, -0.2) is 55.1 Å². The Morgan fingerprint density at radius 2 is 2.00 bits per heavy atom. The van der Waals surface area contributed by atoms with Crippen LogP contribution in [0.3, 0.4) is 0 Å². The van der Waals surface area contributed by atoms with E-state index < -0.39 is 24.3 Å². The number of aromatic nitrogens is 5. The molecule has 0 saturated carbocycles. The first-order valence-electron chi connectivity index (χ1n) is 10.1. The fourth-order valence-electron chi connectivity index (χ4n) is 3.81. The molecule has 1 aromatic carbocycles. The maximum atomic E-state index is 14.4. The lowest BCUT2D eigenvalue weighted by Crippen LogP contribution is -2.26. The van der Waals surface area contributed by atoms with Crippen LogP contribution in [0.15, 0.2) is 54.2 Å². The van der Waals surface area contributed by atoms with Crippen LogP contribution in [0.5, 0.6) is 0 Å². The Morgan fingerprint density at radius 1 is 1.15 bits per heavy atom. The third-order valence-electron chi connectivity index (χ3n) is 5.34. The zero-order valence-corrected chi connectivity index (χ0v) is 18.6. The molecule has 3 aromatic heterocycles. The van der Waals surface area contributed by atoms with E-state index in [-0.39, 0.29) is 5.56 Å². The van der Waals surface area contributed by atoms with Crippen molar-refractivity contribution in [2.24, 2.45) is 7.05 Å². The number of rotatable bonds is 5. The molecule has 0 spiro atoms. The van der Waals surface area contributed by atoms with E-state index in [2.05, 4.69) is 25.4 Å². The van der Waals surface area contributed by atoms with Crippen LogP contribution in [0, 0.1) is 0 Å². The predicted octanol–water partition coefficient (Wildman–Crippen LogP) is 3.94. The highest BCUT2D eigenvalue weighted by Crippen LogP contribution is 2.41. The average Bonchev–Trinajstić information content (AvgIpc) is 3.47. The smallest absolute Gasteiger partial charge is 0.280 e. The van der Waals surface area contributed by atoms with E-state index in [1.165, 1.54) is 18.4 Å². The Bertz CT molecular complexity index is 1340. The molecule has 4 aromatic rings. The molecular formula is C22H19F2N7OS. The van der Waals surface area contributed by atoms with E-state index in [1.807, 2.05) is 12.4 Å². The Balaban J connectivity index is 1.41. The summed E-state index contributed by atoms with van der Waals surface area (Å²) in [6.07, 6.45) is 3.43. The molecule has 0 bridgehead atoms. The topological polar surface area (TPSA) is 88.8 Å². The van der Waals surface area contributed by atoms with Gasteiger partial charge in [0.2, 0.25) is 11.9 Å². The molecular weight excluding hydrogens is 448 g/mol. The third kappa shape index (κ3) is 4.07. The van der Waals surface area contributed by atoms with Crippen molar-refractivity contribution in [3.05, 3.63) is 59.7 Å². The number of nitrogens with one attached hydrogen (secondary N) is 1. The summed E-state index contributed by atoms with van der Waals surface area (Å²) in [4.78, 5) is 26.8. The number of hydrogen-bond donors (Lipinski definition) is 1. The van der Waals surface area contributed by atoms with Crippen LogP contribution in [0.25, 0.3) is 22.0 Å². The minimum Gasteiger partial charge on any atom is -0.339 e. The van der Waals surface area contributed by atoms with Crippen molar-refractivity contribution in [3.63, 3.8) is 0 Å². The Morgan fingerprint density at radius 3 is 2.73 bits per heavy atom. The number of hydrogen-bond acceptors (Lipinski definition) is 7. The van der Waals surface area contributed by atoms with Crippen molar-refractivity contribution in [3.8, 4) is 22.0 Å². The summed E-state index contributed by atoms with van der Waals surface area (Å²) >= 11 is 1.37. The number of carbonyl (C=O) groups is 1. The van der Waals surface area contributed by atoms with Crippen LogP contribution in [-0.2, 0) is 11.8 Å². The second kappa shape index (κ2) is 8.00. The minimum atomic E-state index is -3.11. The van der Waals surface area contributed by atoms with E-state index in [4.69, 9.17) is 0 Å². The van der Waals surface area contributed by atoms with Gasteiger partial charge in [-0.05, 0) is 17.7 Å². The van der Waals surface area contributed by atoms with Crippen LogP contribution in [0.2, 0.25) is 0 Å². The number of amides is 1. The summed E-state index contributed by atoms with van der Waals surface area (Å²) in [5, 5.41) is 9.78. The van der Waals surface area contributed by atoms with Gasteiger partial charge in [-0.1, -0.05) is 18.2 Å². The Labute approximate surface area is 191 Å². The number of anilines is 2. The number of halogens is 2. The van der Waals surface area contributed by atoms with Crippen molar-refractivity contribution in [2.75, 3.05) is 18.9 Å². The molecule has 33 heavy (non-hydrogen) atoms. The van der Waals surface area contributed by atoms with Gasteiger partial charge < -0.3 is 10.2 Å². The third-order valence-corrected chi connectivity index (χ3v) is 6.23. The number of aryl methyl sites for hydroxylation is 1. The lowest BCUT2D eigenvalue weighted by molar-refractivity contribution is -0.128. The van der Waals surface area contributed by atoms with Crippen LogP contribution < -0.4 is 5.32 Å². The lowest BCUT2D eigenvalue weighted by Gasteiger charge is -2.16. The Hall–Kier alpha value is -3.73. The first-order chi connectivity index (χ1) is 15.8. The van der Waals surface area contributed by atoms with Gasteiger partial charge in [-0.3, -0.25) is 9.48 Å². The van der Waals surface area contributed by atoms with E-state index >= 15 is 0 Å². The first kappa shape index (κ1) is 21.1. The average molecular weight is 468 g/mol. The van der Waals surface area contributed by atoms with E-state index in [0.29, 0.717) is 33.7 Å². The van der Waals surface area contributed by atoms with Gasteiger partial charge in [0, 0.05) is 43.5 Å². The van der Waals surface area contributed by atoms with Crippen molar-refractivity contribution in [2.45, 2.75) is 11.8 Å². The van der Waals surface area contributed by atoms with Gasteiger partial charge in [0.15, 0.2) is 5.82 Å². The molecule has 1 fully saturated rings. The van der Waals surface area contributed by atoms with Gasteiger partial charge in [-0.25, -0.2) is 23.7 Å². The van der Waals surface area contributed by atoms with Crippen molar-refractivity contribution < 1.29 is 13.6 Å². The molecule has 1 saturated heterocycles. The molecule has 1 amide bonds. The number of likely N-dealkylation sites (tertiary alicyclic amines) is 1. The molecule has 1 unspecified atom stereocenters. The molecule has 1 N–H and O–H groups in total. The predicted molar refractivity (Wildman–Crippen MR) is 120 cm³/mol. The van der Waals surface area contributed by atoms with Crippen LogP contribution >= 0.6 is 11.3 Å². The summed E-state index contributed by atoms with van der Waals surface area (Å²) < 4.78 is 30.6. The van der Waals surface area contributed by atoms with Crippen molar-refractivity contribution in [1.29, 1.82) is 0 Å². The van der Waals surface area contributed by atoms with Crippen molar-refractivity contribution in [1.82, 2.24) is 29.6 Å². The molecule has 0 radical (unpaired) electrons. The zero-order chi connectivity index (χ0) is 23.2. The fraction of sp³-hybridized carbons (Fsp3) is 0.227. The molecule has 168 valence electrons. The fourth-order valence-corrected chi connectivity index (χ4v) is 4.62. The lowest BCUT2D eigenvalue weighted by atomic mass is 9.93. The van der Waals surface area contributed by atoms with Crippen LogP contribution in [0.4, 0.5) is 20.5 Å². The highest BCUT2D eigenvalue weighted by atomic mass is 32.1. The summed E-state index contributed by atoms with van der Waals surface area (Å²) in [6.45, 7) is -0.579. The zero-order valence-electron chi connectivity index (χ0n) is 17.7. The van der Waals surface area contributed by atoms with E-state index in [1.54, 1.807) is 53.5 Å². The number of nitrogens with zero attached hydrogens (tertiary/aromatic N) is 6. The maximum absolute atomic E-state index is 14.4. The quantitative estimate of drug-likeness (QED) is 0.478. The Kier molecular flexibility index (Phi) is 5.12. The molecule has 11 heteroatoms. The standard InChI is InChI=1S/C22H19F2N7OS/c1-30-12-22(23,24)18(20(30)32)13-4-3-5-14(10-13)19-26-16(11-33-19)15-6-8-25-21(27-15)28-17-7-9-31(2)29-17/h3-11,18H,12H2,1-2H3,(H,25,27,28,29). The van der Waals surface area contributed by atoms with Gasteiger partial charge in [0.25, 0.3) is 5.92 Å². The summed E-state index contributed by atoms with van der Waals surface area (Å²) in [5.74, 6) is -4.17. The first-order valence-corrected chi connectivity index (χ1v) is 11.0. The van der Waals surface area contributed by atoms with Gasteiger partial charge in [-0.15, -0.1) is 11.3 Å². The molecule has 1 aliphatic heterocycles. The highest BCUT2D eigenvalue weighted by Gasteiger charge is 2.53. The number of likely N-dealkylation sites (N-methyl/N-ethyl adjacent to an activating group) is 1. The molecule has 8 nitrogen and oxygen atoms in total. The van der Waals surface area contributed by atoms with E-state index in [9.17, 15) is 13.6 Å². The number of carbonyl (C=O) groups excluding carboxylic acids is 1. The molecule has 5 rings (SSSR count). The van der Waals surface area contributed by atoms with Gasteiger partial charge >= 0.3 is 0 Å². The molecule has 1 aliphatic rings. The highest BCUT2D eigenvalue weighted by molar-refractivity contribution is 7.13. The summed E-state index contributed by atoms with van der Waals surface area (Å²) in [7, 11) is 3.21. The van der Waals surface area contributed by atoms with Gasteiger partial charge in [0.05, 0.1) is 12.2 Å². The second-order valence-electron chi connectivity index (χ2n) is 7.82. The number of benzene rings is 1. The second-order valence-corrected chi connectivity index (χ2v) is 8.67. The van der Waals surface area contributed by atoms with Crippen LogP contribution in [0.1, 0.15) is 11.5 Å². The molecule has 0 aliphatic carbocycles. The van der Waals surface area contributed by atoms with Gasteiger partial charge in [0.1, 0.15) is 16.6 Å². The normalized spacial score (nSPS) is 17.5. The maximum Gasteiger partial charge on any atom is 0.280 e. The van der Waals surface area contributed by atoms with Gasteiger partial charge in [-0.2, -0.15) is 5.10 Å².